The summed E-state index contributed by atoms with van der Waals surface area (Å²) in [4.78, 5) is 32.0. The molecule has 2 aromatic carbocycles. The lowest BCUT2D eigenvalue weighted by Gasteiger charge is -2.25. The molecule has 1 aliphatic rings. The van der Waals surface area contributed by atoms with Crippen LogP contribution in [0.3, 0.4) is 0 Å². The Bertz CT molecular complexity index is 1220. The summed E-state index contributed by atoms with van der Waals surface area (Å²) in [7, 11) is 0. The Hall–Kier alpha value is -4.07. The molecule has 0 spiro atoms. The standard InChI is InChI=1S/C28H31N3O5/c1-3-17-36-22-11-9-20(10-12-22)25-24(26(32)21-7-5-8-23(18-21)35-4-2)27(33)28(34)31(25)15-6-14-30-16-13-29-19-30/h5,7-13,16,18-19,25,32H,3-4,6,14-15,17H2,1-2H3. The van der Waals surface area contributed by atoms with Crippen molar-refractivity contribution in [2.24, 2.45) is 0 Å². The molecule has 1 N–H and O–H groups in total. The molecule has 0 bridgehead atoms. The molecule has 188 valence electrons. The van der Waals surface area contributed by atoms with Gasteiger partial charge in [-0.3, -0.25) is 9.59 Å². The first-order valence-corrected chi connectivity index (χ1v) is 12.2. The highest BCUT2D eigenvalue weighted by Gasteiger charge is 2.45. The van der Waals surface area contributed by atoms with E-state index in [0.717, 1.165) is 12.0 Å². The molecule has 8 heteroatoms. The molecular weight excluding hydrogens is 458 g/mol. The third-order valence-electron chi connectivity index (χ3n) is 6.00. The molecular formula is C28H31N3O5. The third kappa shape index (κ3) is 5.43. The van der Waals surface area contributed by atoms with Gasteiger partial charge in [0.2, 0.25) is 0 Å². The summed E-state index contributed by atoms with van der Waals surface area (Å²) >= 11 is 0. The van der Waals surface area contributed by atoms with E-state index >= 15 is 0 Å². The van der Waals surface area contributed by atoms with Gasteiger partial charge in [-0.25, -0.2) is 4.98 Å². The molecule has 0 saturated carbocycles. The van der Waals surface area contributed by atoms with Gasteiger partial charge >= 0.3 is 0 Å². The number of amides is 1. The van der Waals surface area contributed by atoms with Gasteiger partial charge in [0.1, 0.15) is 17.3 Å². The number of aryl methyl sites for hydroxylation is 1. The molecule has 1 fully saturated rings. The maximum atomic E-state index is 13.2. The summed E-state index contributed by atoms with van der Waals surface area (Å²) in [6, 6.07) is 13.5. The number of hydrogen-bond donors (Lipinski definition) is 1. The van der Waals surface area contributed by atoms with Gasteiger partial charge in [-0.1, -0.05) is 31.2 Å². The summed E-state index contributed by atoms with van der Waals surface area (Å²) in [5.74, 6) is -0.261. The Morgan fingerprint density at radius 2 is 1.83 bits per heavy atom. The van der Waals surface area contributed by atoms with Crippen LogP contribution in [-0.2, 0) is 16.1 Å². The molecule has 3 aromatic rings. The fourth-order valence-electron chi connectivity index (χ4n) is 4.32. The zero-order chi connectivity index (χ0) is 25.5. The summed E-state index contributed by atoms with van der Waals surface area (Å²) < 4.78 is 13.2. The van der Waals surface area contributed by atoms with Crippen LogP contribution in [-0.4, -0.2) is 51.0 Å². The highest BCUT2D eigenvalue weighted by molar-refractivity contribution is 6.46. The first-order chi connectivity index (χ1) is 17.5. The zero-order valence-electron chi connectivity index (χ0n) is 20.6. The van der Waals surface area contributed by atoms with Crippen LogP contribution in [0.25, 0.3) is 5.76 Å². The van der Waals surface area contributed by atoms with Crippen LogP contribution in [0.15, 0.2) is 72.8 Å². The molecule has 4 rings (SSSR count). The predicted molar refractivity (Wildman–Crippen MR) is 136 cm³/mol. The number of aliphatic hydroxyl groups excluding tert-OH is 1. The summed E-state index contributed by atoms with van der Waals surface area (Å²) in [6.07, 6.45) is 6.78. The number of Topliss-reactive ketones (excluding diaryl/α,β-unsaturated/α-hetero) is 1. The van der Waals surface area contributed by atoms with Gasteiger partial charge in [0, 0.05) is 31.0 Å². The number of aliphatic hydroxyl groups is 1. The average Bonchev–Trinajstić information content (AvgIpc) is 3.50. The molecule has 1 saturated heterocycles. The number of ether oxygens (including phenoxy) is 2. The predicted octanol–water partition coefficient (Wildman–Crippen LogP) is 4.58. The van der Waals surface area contributed by atoms with Crippen LogP contribution in [0.4, 0.5) is 0 Å². The van der Waals surface area contributed by atoms with Crippen LogP contribution in [0, 0.1) is 0 Å². The number of nitrogens with zero attached hydrogens (tertiary/aromatic N) is 3. The number of likely N-dealkylation sites (tertiary alicyclic amines) is 1. The van der Waals surface area contributed by atoms with Crippen molar-refractivity contribution < 1.29 is 24.2 Å². The quantitative estimate of drug-likeness (QED) is 0.241. The Balaban J connectivity index is 1.71. The molecule has 0 aliphatic carbocycles. The van der Waals surface area contributed by atoms with E-state index in [0.29, 0.717) is 49.8 Å². The van der Waals surface area contributed by atoms with Crippen molar-refractivity contribution in [1.29, 1.82) is 0 Å². The number of aromatic nitrogens is 2. The third-order valence-corrected chi connectivity index (χ3v) is 6.00. The molecule has 1 aliphatic heterocycles. The van der Waals surface area contributed by atoms with Crippen molar-refractivity contribution in [2.75, 3.05) is 19.8 Å². The normalized spacial score (nSPS) is 16.9. The second-order valence-electron chi connectivity index (χ2n) is 8.52. The lowest BCUT2D eigenvalue weighted by Crippen LogP contribution is -2.31. The minimum absolute atomic E-state index is 0.0681. The Kier molecular flexibility index (Phi) is 8.05. The van der Waals surface area contributed by atoms with Gasteiger partial charge in [0.15, 0.2) is 0 Å². The SMILES string of the molecule is CCCOc1ccc(C2C(=C(O)c3cccc(OCC)c3)C(=O)C(=O)N2CCCn2ccnc2)cc1. The number of carbonyl (C=O) groups is 2. The van der Waals surface area contributed by atoms with Crippen molar-refractivity contribution in [1.82, 2.24) is 14.5 Å². The molecule has 1 amide bonds. The first kappa shape index (κ1) is 25.0. The first-order valence-electron chi connectivity index (χ1n) is 12.2. The van der Waals surface area contributed by atoms with Crippen LogP contribution < -0.4 is 9.47 Å². The monoisotopic (exact) mass is 489 g/mol. The van der Waals surface area contributed by atoms with E-state index in [9.17, 15) is 14.7 Å². The molecule has 1 aromatic heterocycles. The smallest absolute Gasteiger partial charge is 0.295 e. The molecule has 2 heterocycles. The van der Waals surface area contributed by atoms with E-state index in [1.807, 2.05) is 48.9 Å². The fourth-order valence-corrected chi connectivity index (χ4v) is 4.32. The maximum Gasteiger partial charge on any atom is 0.295 e. The summed E-state index contributed by atoms with van der Waals surface area (Å²) in [6.45, 7) is 5.97. The van der Waals surface area contributed by atoms with Gasteiger partial charge in [-0.05, 0) is 49.6 Å². The van der Waals surface area contributed by atoms with E-state index in [4.69, 9.17) is 9.47 Å². The number of hydrogen-bond acceptors (Lipinski definition) is 6. The molecule has 36 heavy (non-hydrogen) atoms. The second-order valence-corrected chi connectivity index (χ2v) is 8.52. The number of carbonyl (C=O) groups excluding carboxylic acids is 2. The van der Waals surface area contributed by atoms with E-state index in [2.05, 4.69) is 4.98 Å². The van der Waals surface area contributed by atoms with E-state index < -0.39 is 17.7 Å². The van der Waals surface area contributed by atoms with Gasteiger partial charge in [-0.2, -0.15) is 0 Å². The Morgan fingerprint density at radius 3 is 2.53 bits per heavy atom. The highest BCUT2D eigenvalue weighted by Crippen LogP contribution is 2.40. The molecule has 8 nitrogen and oxygen atoms in total. The van der Waals surface area contributed by atoms with Gasteiger partial charge in [-0.15, -0.1) is 0 Å². The molecule has 1 unspecified atom stereocenters. The number of benzene rings is 2. The Labute approximate surface area is 210 Å². The van der Waals surface area contributed by atoms with E-state index in [1.165, 1.54) is 0 Å². The molecule has 0 radical (unpaired) electrons. The van der Waals surface area contributed by atoms with Crippen LogP contribution in [0.5, 0.6) is 11.5 Å². The van der Waals surface area contributed by atoms with Crippen molar-refractivity contribution in [3.05, 3.63) is 84.0 Å². The van der Waals surface area contributed by atoms with Crippen molar-refractivity contribution >= 4 is 17.4 Å². The van der Waals surface area contributed by atoms with Gasteiger partial charge in [0.25, 0.3) is 11.7 Å². The van der Waals surface area contributed by atoms with Gasteiger partial charge in [0.05, 0.1) is 31.2 Å². The number of rotatable bonds is 11. The van der Waals surface area contributed by atoms with E-state index in [1.54, 1.807) is 41.7 Å². The topological polar surface area (TPSA) is 93.9 Å². The highest BCUT2D eigenvalue weighted by atomic mass is 16.5. The average molecular weight is 490 g/mol. The van der Waals surface area contributed by atoms with Crippen molar-refractivity contribution in [3.63, 3.8) is 0 Å². The van der Waals surface area contributed by atoms with Crippen LogP contribution in [0.1, 0.15) is 43.9 Å². The number of imidazole rings is 1. The minimum atomic E-state index is -0.719. The maximum absolute atomic E-state index is 13.2. The van der Waals surface area contributed by atoms with Crippen LogP contribution in [0.2, 0.25) is 0 Å². The van der Waals surface area contributed by atoms with Crippen molar-refractivity contribution in [3.8, 4) is 11.5 Å². The zero-order valence-corrected chi connectivity index (χ0v) is 20.6. The largest absolute Gasteiger partial charge is 0.507 e. The van der Waals surface area contributed by atoms with E-state index in [-0.39, 0.29) is 11.3 Å². The second kappa shape index (κ2) is 11.6. The molecule has 1 atom stereocenters. The van der Waals surface area contributed by atoms with Crippen molar-refractivity contribution in [2.45, 2.75) is 39.3 Å². The van der Waals surface area contributed by atoms with Crippen LogP contribution >= 0.6 is 0 Å². The summed E-state index contributed by atoms with van der Waals surface area (Å²) in [5.41, 5.74) is 1.21. The fraction of sp³-hybridized carbons (Fsp3) is 0.321. The lowest BCUT2D eigenvalue weighted by atomic mass is 9.95. The lowest BCUT2D eigenvalue weighted by molar-refractivity contribution is -0.139. The Morgan fingerprint density at radius 1 is 1.03 bits per heavy atom. The summed E-state index contributed by atoms with van der Waals surface area (Å²) in [5, 5.41) is 11.3. The number of ketones is 1. The van der Waals surface area contributed by atoms with Gasteiger partial charge < -0.3 is 24.0 Å². The minimum Gasteiger partial charge on any atom is -0.507 e.